The van der Waals surface area contributed by atoms with E-state index < -0.39 is 0 Å². The fourth-order valence-corrected chi connectivity index (χ4v) is 1.51. The lowest BCUT2D eigenvalue weighted by atomic mass is 10.4. The molecule has 0 aromatic carbocycles. The van der Waals surface area contributed by atoms with Gasteiger partial charge in [-0.2, -0.15) is 0 Å². The monoisotopic (exact) mass is 233 g/mol. The maximum atomic E-state index is 11.6. The van der Waals surface area contributed by atoms with Gasteiger partial charge in [-0.05, 0) is 6.92 Å². The molecule has 0 fully saturated rings. The van der Waals surface area contributed by atoms with Crippen molar-refractivity contribution < 1.29 is 4.79 Å². The molecule has 2 aromatic heterocycles. The Balaban J connectivity index is 1.81. The standard InChI is InChI=1S/C11H15N5O/c1-9-5-16(8-13-9)4-3-12-11(17)10-6-15(2)7-14-10/h5-8H,3-4H2,1-2H3,(H,12,17). The van der Waals surface area contributed by atoms with Crippen molar-refractivity contribution in [2.75, 3.05) is 6.54 Å². The number of imidazole rings is 2. The molecule has 0 atom stereocenters. The number of carbonyl (C=O) groups is 1. The number of nitrogens with one attached hydrogen (secondary N) is 1. The van der Waals surface area contributed by atoms with Gasteiger partial charge < -0.3 is 14.5 Å². The maximum Gasteiger partial charge on any atom is 0.271 e. The van der Waals surface area contributed by atoms with Crippen molar-refractivity contribution in [2.45, 2.75) is 13.5 Å². The largest absolute Gasteiger partial charge is 0.349 e. The second-order valence-electron chi connectivity index (χ2n) is 3.93. The highest BCUT2D eigenvalue weighted by Gasteiger charge is 2.07. The predicted molar refractivity (Wildman–Crippen MR) is 62.5 cm³/mol. The highest BCUT2D eigenvalue weighted by molar-refractivity contribution is 5.91. The Morgan fingerprint density at radius 3 is 2.76 bits per heavy atom. The molecule has 90 valence electrons. The molecule has 0 bridgehead atoms. The van der Waals surface area contributed by atoms with Crippen LogP contribution in [0, 0.1) is 6.92 Å². The molecule has 2 aromatic rings. The summed E-state index contributed by atoms with van der Waals surface area (Å²) >= 11 is 0. The maximum absolute atomic E-state index is 11.6. The van der Waals surface area contributed by atoms with E-state index in [4.69, 9.17) is 0 Å². The van der Waals surface area contributed by atoms with Gasteiger partial charge in [0.1, 0.15) is 5.69 Å². The molecule has 2 heterocycles. The van der Waals surface area contributed by atoms with Gasteiger partial charge in [0.2, 0.25) is 0 Å². The SMILES string of the molecule is Cc1cn(CCNC(=O)c2cn(C)cn2)cn1. The lowest BCUT2D eigenvalue weighted by molar-refractivity contribution is 0.0947. The van der Waals surface area contributed by atoms with Crippen LogP contribution in [0.3, 0.4) is 0 Å². The van der Waals surface area contributed by atoms with Gasteiger partial charge in [-0.15, -0.1) is 0 Å². The van der Waals surface area contributed by atoms with Gasteiger partial charge in [-0.1, -0.05) is 0 Å². The van der Waals surface area contributed by atoms with Gasteiger partial charge in [-0.3, -0.25) is 4.79 Å². The Morgan fingerprint density at radius 1 is 1.35 bits per heavy atom. The first kappa shape index (κ1) is 11.4. The van der Waals surface area contributed by atoms with Crippen LogP contribution >= 0.6 is 0 Å². The Bertz CT molecular complexity index is 513. The van der Waals surface area contributed by atoms with Crippen LogP contribution in [-0.4, -0.2) is 31.6 Å². The van der Waals surface area contributed by atoms with Crippen molar-refractivity contribution in [1.82, 2.24) is 24.4 Å². The van der Waals surface area contributed by atoms with Crippen molar-refractivity contribution in [3.8, 4) is 0 Å². The third-order valence-corrected chi connectivity index (χ3v) is 2.36. The van der Waals surface area contributed by atoms with Crippen molar-refractivity contribution in [2.24, 2.45) is 7.05 Å². The van der Waals surface area contributed by atoms with Gasteiger partial charge >= 0.3 is 0 Å². The summed E-state index contributed by atoms with van der Waals surface area (Å²) in [5.41, 5.74) is 1.41. The van der Waals surface area contributed by atoms with Crippen molar-refractivity contribution in [1.29, 1.82) is 0 Å². The molecule has 0 aliphatic heterocycles. The van der Waals surface area contributed by atoms with E-state index in [1.807, 2.05) is 24.7 Å². The van der Waals surface area contributed by atoms with Crippen molar-refractivity contribution in [3.63, 3.8) is 0 Å². The predicted octanol–water partition coefficient (Wildman–Crippen LogP) is 0.355. The molecule has 1 amide bonds. The molecule has 1 N–H and O–H groups in total. The normalized spacial score (nSPS) is 10.5. The van der Waals surface area contributed by atoms with Crippen LogP contribution in [0.4, 0.5) is 0 Å². The van der Waals surface area contributed by atoms with Crippen LogP contribution in [0.15, 0.2) is 25.0 Å². The summed E-state index contributed by atoms with van der Waals surface area (Å²) in [7, 11) is 1.83. The van der Waals surface area contributed by atoms with E-state index in [0.717, 1.165) is 5.69 Å². The van der Waals surface area contributed by atoms with Gasteiger partial charge in [0.15, 0.2) is 0 Å². The molecule has 0 spiro atoms. The number of amides is 1. The minimum absolute atomic E-state index is 0.151. The molecule has 0 radical (unpaired) electrons. The van der Waals surface area contributed by atoms with E-state index in [0.29, 0.717) is 18.8 Å². The topological polar surface area (TPSA) is 64.7 Å². The first-order valence-electron chi connectivity index (χ1n) is 5.39. The molecule has 0 aliphatic rings. The summed E-state index contributed by atoms with van der Waals surface area (Å²) in [5, 5.41) is 2.81. The Kier molecular flexibility index (Phi) is 3.22. The lowest BCUT2D eigenvalue weighted by Gasteiger charge is -2.03. The average Bonchev–Trinajstić information content (AvgIpc) is 2.88. The number of carbonyl (C=O) groups excluding carboxylic acids is 1. The quantitative estimate of drug-likeness (QED) is 0.829. The molecule has 0 saturated carbocycles. The molecule has 2 rings (SSSR count). The molecule has 0 unspecified atom stereocenters. The molecule has 0 saturated heterocycles. The lowest BCUT2D eigenvalue weighted by Crippen LogP contribution is -2.27. The van der Waals surface area contributed by atoms with Gasteiger partial charge in [0.25, 0.3) is 5.91 Å². The highest BCUT2D eigenvalue weighted by Crippen LogP contribution is 1.95. The van der Waals surface area contributed by atoms with Crippen LogP contribution in [0.1, 0.15) is 16.2 Å². The van der Waals surface area contributed by atoms with Crippen LogP contribution in [0.25, 0.3) is 0 Å². The Morgan fingerprint density at radius 2 is 2.18 bits per heavy atom. The smallest absolute Gasteiger partial charge is 0.271 e. The van der Waals surface area contributed by atoms with E-state index in [9.17, 15) is 4.79 Å². The van der Waals surface area contributed by atoms with Crippen LogP contribution in [0.2, 0.25) is 0 Å². The highest BCUT2D eigenvalue weighted by atomic mass is 16.1. The van der Waals surface area contributed by atoms with Crippen LogP contribution in [-0.2, 0) is 13.6 Å². The first-order valence-corrected chi connectivity index (χ1v) is 5.39. The van der Waals surface area contributed by atoms with Gasteiger partial charge in [-0.25, -0.2) is 9.97 Å². The molecule has 0 aliphatic carbocycles. The van der Waals surface area contributed by atoms with E-state index in [1.54, 1.807) is 23.4 Å². The number of hydrogen-bond donors (Lipinski definition) is 1. The Hall–Kier alpha value is -2.11. The van der Waals surface area contributed by atoms with E-state index >= 15 is 0 Å². The summed E-state index contributed by atoms with van der Waals surface area (Å²) in [6.07, 6.45) is 6.99. The molecule has 17 heavy (non-hydrogen) atoms. The van der Waals surface area contributed by atoms with Crippen molar-refractivity contribution in [3.05, 3.63) is 36.4 Å². The second-order valence-corrected chi connectivity index (χ2v) is 3.93. The number of rotatable bonds is 4. The summed E-state index contributed by atoms with van der Waals surface area (Å²) < 4.78 is 3.68. The Labute approximate surface area is 99.3 Å². The van der Waals surface area contributed by atoms with Crippen LogP contribution < -0.4 is 5.32 Å². The number of aromatic nitrogens is 4. The fourth-order valence-electron chi connectivity index (χ4n) is 1.51. The van der Waals surface area contributed by atoms with Crippen LogP contribution in [0.5, 0.6) is 0 Å². The fraction of sp³-hybridized carbons (Fsp3) is 0.364. The minimum atomic E-state index is -0.151. The average molecular weight is 233 g/mol. The summed E-state index contributed by atoms with van der Waals surface area (Å²) in [6.45, 7) is 3.20. The zero-order valence-electron chi connectivity index (χ0n) is 9.92. The van der Waals surface area contributed by atoms with E-state index in [2.05, 4.69) is 15.3 Å². The number of nitrogens with zero attached hydrogens (tertiary/aromatic N) is 4. The minimum Gasteiger partial charge on any atom is -0.349 e. The third-order valence-electron chi connectivity index (χ3n) is 2.36. The zero-order valence-corrected chi connectivity index (χ0v) is 9.92. The second kappa shape index (κ2) is 4.82. The van der Waals surface area contributed by atoms with Gasteiger partial charge in [0.05, 0.1) is 18.3 Å². The number of hydrogen-bond acceptors (Lipinski definition) is 3. The molecule has 6 heteroatoms. The van der Waals surface area contributed by atoms with Crippen molar-refractivity contribution >= 4 is 5.91 Å². The first-order chi connectivity index (χ1) is 8.15. The summed E-state index contributed by atoms with van der Waals surface area (Å²) in [5.74, 6) is -0.151. The zero-order chi connectivity index (χ0) is 12.3. The summed E-state index contributed by atoms with van der Waals surface area (Å²) in [6, 6.07) is 0. The van der Waals surface area contributed by atoms with E-state index in [-0.39, 0.29) is 5.91 Å². The summed E-state index contributed by atoms with van der Waals surface area (Å²) in [4.78, 5) is 19.7. The van der Waals surface area contributed by atoms with Gasteiger partial charge in [0, 0.05) is 32.5 Å². The molecule has 6 nitrogen and oxygen atoms in total. The third kappa shape index (κ3) is 2.93. The number of aryl methyl sites for hydroxylation is 2. The van der Waals surface area contributed by atoms with E-state index in [1.165, 1.54) is 0 Å². The molecular formula is C11H15N5O. The molecular weight excluding hydrogens is 218 g/mol.